The van der Waals surface area contributed by atoms with Crippen molar-refractivity contribution in [1.82, 2.24) is 19.6 Å². The fourth-order valence-electron chi connectivity index (χ4n) is 2.48. The van der Waals surface area contributed by atoms with Crippen LogP contribution in [-0.4, -0.2) is 37.1 Å². The Bertz CT molecular complexity index is 522. The largest absolute Gasteiger partial charge is 0.318 e. The van der Waals surface area contributed by atoms with E-state index in [0.717, 1.165) is 38.2 Å². The maximum absolute atomic E-state index is 12.2. The third-order valence-electron chi connectivity index (χ3n) is 3.34. The topological polar surface area (TPSA) is 76.0 Å². The summed E-state index contributed by atoms with van der Waals surface area (Å²) in [5.74, 6) is 0.884. The monoisotopic (exact) mass is 292 g/mol. The molecule has 102 valence electrons. The van der Waals surface area contributed by atoms with Crippen molar-refractivity contribution in [2.24, 2.45) is 0 Å². The van der Waals surface area contributed by atoms with E-state index < -0.39 is 10.0 Å². The Morgan fingerprint density at radius 1 is 1.50 bits per heavy atom. The SMILES string of the molecule is Cl.O=S(=O)(NC1CCNC1)c1cnc2n1CCC2. The lowest BCUT2D eigenvalue weighted by Gasteiger charge is -2.12. The highest BCUT2D eigenvalue weighted by atomic mass is 35.5. The quantitative estimate of drug-likeness (QED) is 0.815. The fraction of sp³-hybridized carbons (Fsp3) is 0.700. The maximum atomic E-state index is 12.2. The van der Waals surface area contributed by atoms with E-state index in [1.54, 1.807) is 0 Å². The first-order valence-corrected chi connectivity index (χ1v) is 7.42. The summed E-state index contributed by atoms with van der Waals surface area (Å²) in [6, 6.07) is 0.00699. The van der Waals surface area contributed by atoms with Crippen LogP contribution in [0.1, 0.15) is 18.7 Å². The van der Waals surface area contributed by atoms with Crippen LogP contribution in [0.5, 0.6) is 0 Å². The molecule has 18 heavy (non-hydrogen) atoms. The minimum Gasteiger partial charge on any atom is -0.318 e. The van der Waals surface area contributed by atoms with Crippen molar-refractivity contribution in [3.8, 4) is 0 Å². The number of aromatic nitrogens is 2. The zero-order valence-corrected chi connectivity index (χ0v) is 11.6. The molecule has 0 aliphatic carbocycles. The van der Waals surface area contributed by atoms with Gasteiger partial charge in [-0.3, -0.25) is 0 Å². The number of imidazole rings is 1. The number of aryl methyl sites for hydroxylation is 1. The molecule has 1 fully saturated rings. The Labute approximate surface area is 113 Å². The molecule has 0 spiro atoms. The van der Waals surface area contributed by atoms with Crippen molar-refractivity contribution in [3.63, 3.8) is 0 Å². The summed E-state index contributed by atoms with van der Waals surface area (Å²) in [5.41, 5.74) is 0. The summed E-state index contributed by atoms with van der Waals surface area (Å²) in [7, 11) is -3.42. The molecule has 8 heteroatoms. The van der Waals surface area contributed by atoms with E-state index >= 15 is 0 Å². The number of nitrogens with one attached hydrogen (secondary N) is 2. The molecule has 1 atom stereocenters. The zero-order chi connectivity index (χ0) is 11.9. The van der Waals surface area contributed by atoms with Crippen molar-refractivity contribution in [3.05, 3.63) is 12.0 Å². The Kier molecular flexibility index (Phi) is 3.96. The Balaban J connectivity index is 0.00000120. The number of sulfonamides is 1. The highest BCUT2D eigenvalue weighted by Crippen LogP contribution is 2.20. The lowest BCUT2D eigenvalue weighted by molar-refractivity contribution is 0.545. The van der Waals surface area contributed by atoms with Gasteiger partial charge in [0.15, 0.2) is 5.03 Å². The molecule has 0 radical (unpaired) electrons. The van der Waals surface area contributed by atoms with Crippen LogP contribution in [0.4, 0.5) is 0 Å². The first-order chi connectivity index (χ1) is 8.17. The molecule has 0 amide bonds. The Morgan fingerprint density at radius 3 is 3.06 bits per heavy atom. The lowest BCUT2D eigenvalue weighted by atomic mass is 10.3. The second-order valence-corrected chi connectivity index (χ2v) is 6.24. The molecule has 6 nitrogen and oxygen atoms in total. The molecule has 2 N–H and O–H groups in total. The first kappa shape index (κ1) is 13.8. The van der Waals surface area contributed by atoms with E-state index in [-0.39, 0.29) is 18.4 Å². The van der Waals surface area contributed by atoms with Crippen LogP contribution in [-0.2, 0) is 23.0 Å². The van der Waals surface area contributed by atoms with E-state index in [1.165, 1.54) is 6.20 Å². The van der Waals surface area contributed by atoms with Crippen molar-refractivity contribution in [2.45, 2.75) is 36.9 Å². The van der Waals surface area contributed by atoms with Crippen molar-refractivity contribution < 1.29 is 8.42 Å². The molecule has 0 saturated carbocycles. The Hall–Kier alpha value is -0.630. The molecule has 1 aromatic heterocycles. The van der Waals surface area contributed by atoms with Gasteiger partial charge in [0.05, 0.1) is 6.20 Å². The summed E-state index contributed by atoms with van der Waals surface area (Å²) in [5, 5.41) is 3.46. The van der Waals surface area contributed by atoms with E-state index in [9.17, 15) is 8.42 Å². The molecule has 2 aliphatic rings. The molecule has 0 bridgehead atoms. The van der Waals surface area contributed by atoms with E-state index in [0.29, 0.717) is 11.6 Å². The van der Waals surface area contributed by atoms with E-state index in [1.807, 2.05) is 4.57 Å². The van der Waals surface area contributed by atoms with Crippen molar-refractivity contribution in [2.75, 3.05) is 13.1 Å². The molecule has 0 aromatic carbocycles. The van der Waals surface area contributed by atoms with Crippen molar-refractivity contribution >= 4 is 22.4 Å². The zero-order valence-electron chi connectivity index (χ0n) is 9.92. The fourth-order valence-corrected chi connectivity index (χ4v) is 3.92. The first-order valence-electron chi connectivity index (χ1n) is 5.94. The summed E-state index contributed by atoms with van der Waals surface area (Å²) < 4.78 is 29.0. The lowest BCUT2D eigenvalue weighted by Crippen LogP contribution is -2.37. The van der Waals surface area contributed by atoms with Gasteiger partial charge in [0.1, 0.15) is 5.82 Å². The Morgan fingerprint density at radius 2 is 2.33 bits per heavy atom. The minimum atomic E-state index is -3.42. The highest BCUT2D eigenvalue weighted by Gasteiger charge is 2.28. The molecule has 1 aromatic rings. The second kappa shape index (κ2) is 5.16. The van der Waals surface area contributed by atoms with Gasteiger partial charge in [-0.2, -0.15) is 0 Å². The van der Waals surface area contributed by atoms with Crippen LogP contribution < -0.4 is 10.0 Å². The molecule has 3 rings (SSSR count). The number of halogens is 1. The predicted molar refractivity (Wildman–Crippen MR) is 69.4 cm³/mol. The number of rotatable bonds is 3. The second-order valence-electron chi connectivity index (χ2n) is 4.58. The average Bonchev–Trinajstić information content (AvgIpc) is 2.89. The molecule has 1 saturated heterocycles. The molecular weight excluding hydrogens is 276 g/mol. The van der Waals surface area contributed by atoms with Crippen LogP contribution in [0, 0.1) is 0 Å². The number of nitrogens with zero attached hydrogens (tertiary/aromatic N) is 2. The van der Waals surface area contributed by atoms with Crippen LogP contribution in [0.25, 0.3) is 0 Å². The normalized spacial score (nSPS) is 22.8. The van der Waals surface area contributed by atoms with Gasteiger partial charge in [-0.25, -0.2) is 18.1 Å². The average molecular weight is 293 g/mol. The van der Waals surface area contributed by atoms with Gasteiger partial charge in [0.25, 0.3) is 10.0 Å². The summed E-state index contributed by atoms with van der Waals surface area (Å²) >= 11 is 0. The number of fused-ring (bicyclic) bond motifs is 1. The molecular formula is C10H17ClN4O2S. The maximum Gasteiger partial charge on any atom is 0.258 e. The van der Waals surface area contributed by atoms with E-state index in [4.69, 9.17) is 0 Å². The van der Waals surface area contributed by atoms with Gasteiger partial charge in [-0.15, -0.1) is 12.4 Å². The van der Waals surface area contributed by atoms with Crippen molar-refractivity contribution in [1.29, 1.82) is 0 Å². The number of hydrogen-bond donors (Lipinski definition) is 2. The minimum absolute atomic E-state index is 0. The third-order valence-corrected chi connectivity index (χ3v) is 4.86. The predicted octanol–water partition coefficient (Wildman–Crippen LogP) is -0.109. The van der Waals surface area contributed by atoms with Gasteiger partial charge >= 0.3 is 0 Å². The van der Waals surface area contributed by atoms with Gasteiger partial charge in [-0.05, 0) is 19.4 Å². The molecule has 3 heterocycles. The van der Waals surface area contributed by atoms with Gasteiger partial charge < -0.3 is 9.88 Å². The van der Waals surface area contributed by atoms with E-state index in [2.05, 4.69) is 15.0 Å². The van der Waals surface area contributed by atoms with Crippen LogP contribution in [0.2, 0.25) is 0 Å². The smallest absolute Gasteiger partial charge is 0.258 e. The summed E-state index contributed by atoms with van der Waals surface area (Å²) in [4.78, 5) is 4.17. The standard InChI is InChI=1S/C10H16N4O2S.ClH/c15-17(16,13-8-3-4-11-6-8)10-7-12-9-2-1-5-14(9)10;/h7-8,11,13H,1-6H2;1H. The van der Waals surface area contributed by atoms with Gasteiger partial charge in [0.2, 0.25) is 0 Å². The van der Waals surface area contributed by atoms with Crippen LogP contribution in [0.15, 0.2) is 11.2 Å². The summed E-state index contributed by atoms with van der Waals surface area (Å²) in [6.45, 7) is 2.34. The third kappa shape index (κ3) is 2.40. The van der Waals surface area contributed by atoms with Gasteiger partial charge in [-0.1, -0.05) is 0 Å². The molecule has 2 aliphatic heterocycles. The highest BCUT2D eigenvalue weighted by molar-refractivity contribution is 7.89. The number of hydrogen-bond acceptors (Lipinski definition) is 4. The summed E-state index contributed by atoms with van der Waals surface area (Å²) in [6.07, 6.45) is 4.18. The van der Waals surface area contributed by atoms with Crippen LogP contribution >= 0.6 is 12.4 Å². The van der Waals surface area contributed by atoms with Gasteiger partial charge in [0, 0.05) is 25.6 Å². The molecule has 1 unspecified atom stereocenters. The van der Waals surface area contributed by atoms with Crippen LogP contribution in [0.3, 0.4) is 0 Å².